The average molecular weight is 419 g/mol. The quantitative estimate of drug-likeness (QED) is 0.550. The number of fused-ring (bicyclic) bond motifs is 1. The molecular weight excluding hydrogens is 396 g/mol. The topological polar surface area (TPSA) is 86.7 Å². The number of nitrogens with one attached hydrogen (secondary N) is 1. The van der Waals surface area contributed by atoms with Crippen molar-refractivity contribution in [2.45, 2.75) is 18.2 Å². The fourth-order valence-corrected chi connectivity index (χ4v) is 5.32. The number of sulfonamides is 1. The number of benzene rings is 2. The van der Waals surface area contributed by atoms with Crippen LogP contribution < -0.4 is 9.62 Å². The van der Waals surface area contributed by atoms with E-state index in [2.05, 4.69) is 5.32 Å². The van der Waals surface area contributed by atoms with Crippen LogP contribution in [-0.2, 0) is 10.0 Å². The molecule has 0 aliphatic carbocycles. The van der Waals surface area contributed by atoms with E-state index in [1.54, 1.807) is 55.5 Å². The number of hydrogen-bond acceptors (Lipinski definition) is 5. The summed E-state index contributed by atoms with van der Waals surface area (Å²) >= 11 is 1.35. The van der Waals surface area contributed by atoms with Crippen LogP contribution in [0.5, 0.6) is 0 Å². The molecule has 0 aliphatic rings. The maximum atomic E-state index is 13.0. The normalized spacial score (nSPS) is 11.5. The summed E-state index contributed by atoms with van der Waals surface area (Å²) in [6.07, 6.45) is 0.504. The smallest absolute Gasteiger partial charge is 0.264 e. The minimum absolute atomic E-state index is 0.0266. The van der Waals surface area contributed by atoms with Crippen molar-refractivity contribution in [1.82, 2.24) is 5.32 Å². The van der Waals surface area contributed by atoms with Gasteiger partial charge in [0.1, 0.15) is 0 Å². The van der Waals surface area contributed by atoms with Gasteiger partial charge in [0, 0.05) is 24.4 Å². The summed E-state index contributed by atoms with van der Waals surface area (Å²) < 4.78 is 28.3. The third-order valence-electron chi connectivity index (χ3n) is 4.25. The van der Waals surface area contributed by atoms with Crippen molar-refractivity contribution in [3.8, 4) is 0 Å². The van der Waals surface area contributed by atoms with E-state index in [0.29, 0.717) is 30.1 Å². The molecule has 28 heavy (non-hydrogen) atoms. The molecular formula is C20H22N2O4S2. The largest absolute Gasteiger partial charge is 0.396 e. The van der Waals surface area contributed by atoms with Gasteiger partial charge in [-0.3, -0.25) is 9.10 Å². The van der Waals surface area contributed by atoms with Crippen molar-refractivity contribution < 1.29 is 18.3 Å². The molecule has 2 aromatic carbocycles. The summed E-state index contributed by atoms with van der Waals surface area (Å²) in [6.45, 7) is 2.52. The summed E-state index contributed by atoms with van der Waals surface area (Å²) in [6, 6.07) is 15.5. The Kier molecular flexibility index (Phi) is 6.33. The molecule has 0 spiro atoms. The molecule has 0 bridgehead atoms. The molecule has 8 heteroatoms. The maximum Gasteiger partial charge on any atom is 0.264 e. The summed E-state index contributed by atoms with van der Waals surface area (Å²) in [7, 11) is -3.66. The van der Waals surface area contributed by atoms with Crippen LogP contribution >= 0.6 is 11.3 Å². The fourth-order valence-electron chi connectivity index (χ4n) is 2.88. The molecule has 1 heterocycles. The van der Waals surface area contributed by atoms with E-state index < -0.39 is 10.0 Å². The first-order valence-corrected chi connectivity index (χ1v) is 11.2. The molecule has 148 valence electrons. The minimum Gasteiger partial charge on any atom is -0.396 e. The zero-order valence-electron chi connectivity index (χ0n) is 15.5. The van der Waals surface area contributed by atoms with E-state index in [1.165, 1.54) is 15.6 Å². The van der Waals surface area contributed by atoms with Crippen LogP contribution in [0.25, 0.3) is 10.1 Å². The predicted octanol–water partition coefficient (Wildman–Crippen LogP) is 3.23. The zero-order valence-corrected chi connectivity index (χ0v) is 17.1. The predicted molar refractivity (Wildman–Crippen MR) is 113 cm³/mol. The highest BCUT2D eigenvalue weighted by atomic mass is 32.2. The first kappa shape index (κ1) is 20.3. The van der Waals surface area contributed by atoms with Crippen molar-refractivity contribution in [3.63, 3.8) is 0 Å². The van der Waals surface area contributed by atoms with Gasteiger partial charge in [-0.25, -0.2) is 8.42 Å². The van der Waals surface area contributed by atoms with Gasteiger partial charge in [0.2, 0.25) is 0 Å². The zero-order chi connectivity index (χ0) is 20.1. The highest BCUT2D eigenvalue weighted by Gasteiger charge is 2.23. The van der Waals surface area contributed by atoms with E-state index in [1.807, 2.05) is 6.07 Å². The summed E-state index contributed by atoms with van der Waals surface area (Å²) in [5.41, 5.74) is 0.559. The van der Waals surface area contributed by atoms with E-state index >= 15 is 0 Å². The van der Waals surface area contributed by atoms with Crippen molar-refractivity contribution in [3.05, 3.63) is 59.5 Å². The Morgan fingerprint density at radius 1 is 1.14 bits per heavy atom. The van der Waals surface area contributed by atoms with Crippen LogP contribution in [0.2, 0.25) is 0 Å². The molecule has 0 aliphatic heterocycles. The highest BCUT2D eigenvalue weighted by molar-refractivity contribution is 7.92. The second kappa shape index (κ2) is 8.72. The van der Waals surface area contributed by atoms with Gasteiger partial charge in [-0.1, -0.05) is 18.2 Å². The number of aliphatic hydroxyl groups is 1. The third-order valence-corrected chi connectivity index (χ3v) is 7.28. The van der Waals surface area contributed by atoms with Gasteiger partial charge in [-0.05, 0) is 55.1 Å². The Balaban J connectivity index is 1.91. The Morgan fingerprint density at radius 3 is 2.57 bits per heavy atom. The molecule has 2 N–H and O–H groups in total. The second-order valence-corrected chi connectivity index (χ2v) is 9.09. The molecule has 1 amide bonds. The number of thiophene rings is 1. The van der Waals surface area contributed by atoms with Gasteiger partial charge < -0.3 is 10.4 Å². The van der Waals surface area contributed by atoms with Crippen LogP contribution in [0.4, 0.5) is 5.69 Å². The molecule has 0 fully saturated rings. The molecule has 3 rings (SSSR count). The Bertz CT molecular complexity index is 1060. The standard InChI is InChI=1S/C20H22N2O4S2/c1-2-22(28(25,26)17-7-4-3-5-8-17)16-9-10-18-15(13-16)14-19(27-18)20(24)21-11-6-12-23/h3-5,7-10,13-14,23H,2,6,11-12H2,1H3,(H,21,24). The molecule has 3 aromatic rings. The maximum absolute atomic E-state index is 13.0. The van der Waals surface area contributed by atoms with Crippen molar-refractivity contribution >= 4 is 43.0 Å². The summed E-state index contributed by atoms with van der Waals surface area (Å²) in [5.74, 6) is -0.194. The fraction of sp³-hybridized carbons (Fsp3) is 0.250. The van der Waals surface area contributed by atoms with Crippen LogP contribution in [0.3, 0.4) is 0 Å². The minimum atomic E-state index is -3.66. The lowest BCUT2D eigenvalue weighted by molar-refractivity contribution is 0.0955. The van der Waals surface area contributed by atoms with Crippen LogP contribution in [-0.4, -0.2) is 39.1 Å². The first-order chi connectivity index (χ1) is 13.5. The molecule has 0 unspecified atom stereocenters. The number of aliphatic hydroxyl groups excluding tert-OH is 1. The molecule has 0 saturated heterocycles. The van der Waals surface area contributed by atoms with Crippen LogP contribution in [0, 0.1) is 0 Å². The number of carbonyl (C=O) groups is 1. The molecule has 1 aromatic heterocycles. The van der Waals surface area contributed by atoms with Crippen LogP contribution in [0.1, 0.15) is 23.0 Å². The monoisotopic (exact) mass is 418 g/mol. The van der Waals surface area contributed by atoms with Crippen molar-refractivity contribution in [2.75, 3.05) is 24.0 Å². The van der Waals surface area contributed by atoms with E-state index in [0.717, 1.165) is 10.1 Å². The van der Waals surface area contributed by atoms with Gasteiger partial charge >= 0.3 is 0 Å². The van der Waals surface area contributed by atoms with Gasteiger partial charge in [0.25, 0.3) is 15.9 Å². The summed E-state index contributed by atoms with van der Waals surface area (Å²) in [5, 5.41) is 12.4. The Labute approximate surface area is 168 Å². The second-order valence-electron chi connectivity index (χ2n) is 6.15. The van der Waals surface area contributed by atoms with Crippen molar-refractivity contribution in [2.24, 2.45) is 0 Å². The molecule has 0 atom stereocenters. The summed E-state index contributed by atoms with van der Waals surface area (Å²) in [4.78, 5) is 13.0. The Morgan fingerprint density at radius 2 is 1.89 bits per heavy atom. The Hall–Kier alpha value is -2.42. The van der Waals surface area contributed by atoms with Crippen molar-refractivity contribution in [1.29, 1.82) is 0 Å². The van der Waals surface area contributed by atoms with Gasteiger partial charge in [-0.2, -0.15) is 0 Å². The number of amides is 1. The highest BCUT2D eigenvalue weighted by Crippen LogP contribution is 2.31. The number of carbonyl (C=O) groups excluding carboxylic acids is 1. The van der Waals surface area contributed by atoms with E-state index in [4.69, 9.17) is 5.11 Å². The van der Waals surface area contributed by atoms with Gasteiger partial charge in [0.05, 0.1) is 15.5 Å². The molecule has 0 saturated carbocycles. The molecule has 0 radical (unpaired) electrons. The average Bonchev–Trinajstić information content (AvgIpc) is 3.13. The number of anilines is 1. The van der Waals surface area contributed by atoms with Gasteiger partial charge in [-0.15, -0.1) is 11.3 Å². The van der Waals surface area contributed by atoms with Crippen LogP contribution in [0.15, 0.2) is 59.5 Å². The van der Waals surface area contributed by atoms with Gasteiger partial charge in [0.15, 0.2) is 0 Å². The lowest BCUT2D eigenvalue weighted by atomic mass is 10.2. The third kappa shape index (κ3) is 4.19. The van der Waals surface area contributed by atoms with E-state index in [9.17, 15) is 13.2 Å². The lowest BCUT2D eigenvalue weighted by Crippen LogP contribution is -2.30. The lowest BCUT2D eigenvalue weighted by Gasteiger charge is -2.23. The van der Waals surface area contributed by atoms with E-state index in [-0.39, 0.29) is 17.4 Å². The number of rotatable bonds is 8. The number of nitrogens with zero attached hydrogens (tertiary/aromatic N) is 1. The number of hydrogen-bond donors (Lipinski definition) is 2. The SMILES string of the molecule is CCN(c1ccc2sc(C(=O)NCCCO)cc2c1)S(=O)(=O)c1ccccc1. The first-order valence-electron chi connectivity index (χ1n) is 8.98. The molecule has 6 nitrogen and oxygen atoms in total.